The van der Waals surface area contributed by atoms with E-state index in [0.29, 0.717) is 48.3 Å². The summed E-state index contributed by atoms with van der Waals surface area (Å²) in [5.41, 5.74) is 3.33. The molecule has 3 rings (SSSR count). The molecule has 1 saturated heterocycles. The molecule has 1 fully saturated rings. The number of piperazine rings is 1. The highest BCUT2D eigenvalue weighted by Crippen LogP contribution is 2.25. The van der Waals surface area contributed by atoms with Crippen molar-refractivity contribution < 1.29 is 14.4 Å². The molecular weight excluding hydrogens is 366 g/mol. The number of rotatable bonds is 5. The zero-order valence-corrected chi connectivity index (χ0v) is 17.5. The van der Waals surface area contributed by atoms with Crippen LogP contribution in [-0.4, -0.2) is 60.1 Å². The van der Waals surface area contributed by atoms with Gasteiger partial charge in [-0.15, -0.1) is 0 Å². The van der Waals surface area contributed by atoms with Crippen molar-refractivity contribution in [2.45, 2.75) is 33.7 Å². The largest absolute Gasteiger partial charge is 0.338 e. The maximum atomic E-state index is 12.5. The van der Waals surface area contributed by atoms with E-state index in [1.807, 2.05) is 23.1 Å². The number of hydrogen-bond donors (Lipinski definition) is 1. The first-order valence-corrected chi connectivity index (χ1v) is 10.1. The van der Waals surface area contributed by atoms with Gasteiger partial charge in [0.25, 0.3) is 0 Å². The minimum absolute atomic E-state index is 0.0713. The van der Waals surface area contributed by atoms with Crippen LogP contribution in [0.4, 0.5) is 4.79 Å². The summed E-state index contributed by atoms with van der Waals surface area (Å²) in [6.07, 6.45) is 0.376. The SMILES string of the molecule is CC1=C(C)C(=O)C(CCNC(=O)N2CCN(Cc3ccccc3)CC2)=C(C)C1=O. The molecule has 1 aromatic rings. The van der Waals surface area contributed by atoms with Gasteiger partial charge in [0.05, 0.1) is 0 Å². The van der Waals surface area contributed by atoms with Crippen molar-refractivity contribution in [2.75, 3.05) is 32.7 Å². The molecule has 2 aliphatic rings. The first-order valence-electron chi connectivity index (χ1n) is 10.1. The van der Waals surface area contributed by atoms with Gasteiger partial charge in [-0.1, -0.05) is 30.3 Å². The smallest absolute Gasteiger partial charge is 0.317 e. The molecule has 1 N–H and O–H groups in total. The lowest BCUT2D eigenvalue weighted by Gasteiger charge is -2.34. The van der Waals surface area contributed by atoms with Crippen LogP contribution in [0.3, 0.4) is 0 Å². The van der Waals surface area contributed by atoms with Crippen LogP contribution in [0.1, 0.15) is 32.8 Å². The summed E-state index contributed by atoms with van der Waals surface area (Å²) in [6.45, 7) is 9.35. The summed E-state index contributed by atoms with van der Waals surface area (Å²) in [7, 11) is 0. The van der Waals surface area contributed by atoms with E-state index >= 15 is 0 Å². The average molecular weight is 396 g/mol. The van der Waals surface area contributed by atoms with Crippen LogP contribution in [0.15, 0.2) is 52.6 Å². The molecule has 0 unspecified atom stereocenters. The Bertz CT molecular complexity index is 863. The Morgan fingerprint density at radius 3 is 2.17 bits per heavy atom. The third-order valence-electron chi connectivity index (χ3n) is 5.87. The van der Waals surface area contributed by atoms with E-state index in [1.165, 1.54) is 5.56 Å². The van der Waals surface area contributed by atoms with Crippen molar-refractivity contribution in [3.63, 3.8) is 0 Å². The van der Waals surface area contributed by atoms with Crippen LogP contribution in [-0.2, 0) is 16.1 Å². The highest BCUT2D eigenvalue weighted by Gasteiger charge is 2.27. The van der Waals surface area contributed by atoms with Crippen molar-refractivity contribution in [1.29, 1.82) is 0 Å². The molecule has 1 heterocycles. The molecule has 1 aliphatic carbocycles. The fourth-order valence-electron chi connectivity index (χ4n) is 3.81. The van der Waals surface area contributed by atoms with Crippen molar-refractivity contribution in [1.82, 2.24) is 15.1 Å². The molecule has 0 radical (unpaired) electrons. The molecule has 154 valence electrons. The number of hydrogen-bond acceptors (Lipinski definition) is 4. The van der Waals surface area contributed by atoms with Gasteiger partial charge < -0.3 is 10.2 Å². The Balaban J connectivity index is 1.45. The number of amides is 2. The number of urea groups is 1. The second-order valence-corrected chi connectivity index (χ2v) is 7.74. The number of Topliss-reactive ketones (excluding diaryl/α,β-unsaturated/α-hetero) is 2. The molecule has 0 aromatic heterocycles. The van der Waals surface area contributed by atoms with Gasteiger partial charge in [0.2, 0.25) is 0 Å². The molecule has 29 heavy (non-hydrogen) atoms. The molecular formula is C23H29N3O3. The highest BCUT2D eigenvalue weighted by atomic mass is 16.2. The third-order valence-corrected chi connectivity index (χ3v) is 5.87. The van der Waals surface area contributed by atoms with Crippen LogP contribution in [0.2, 0.25) is 0 Å². The topological polar surface area (TPSA) is 69.7 Å². The van der Waals surface area contributed by atoms with E-state index in [4.69, 9.17) is 0 Å². The molecule has 0 saturated carbocycles. The van der Waals surface area contributed by atoms with Gasteiger partial charge in [-0.25, -0.2) is 4.79 Å². The number of benzene rings is 1. The Morgan fingerprint density at radius 1 is 0.897 bits per heavy atom. The van der Waals surface area contributed by atoms with Gasteiger partial charge in [-0.05, 0) is 32.8 Å². The fourth-order valence-corrected chi connectivity index (χ4v) is 3.81. The Labute approximate surface area is 172 Å². The Morgan fingerprint density at radius 2 is 1.52 bits per heavy atom. The molecule has 1 aliphatic heterocycles. The molecule has 6 heteroatoms. The molecule has 0 bridgehead atoms. The highest BCUT2D eigenvalue weighted by molar-refractivity contribution is 6.24. The maximum Gasteiger partial charge on any atom is 0.317 e. The summed E-state index contributed by atoms with van der Waals surface area (Å²) in [6, 6.07) is 10.2. The zero-order valence-electron chi connectivity index (χ0n) is 17.5. The molecule has 2 amide bonds. The number of carbonyl (C=O) groups is 3. The van der Waals surface area contributed by atoms with Gasteiger partial charge in [-0.2, -0.15) is 0 Å². The number of carbonyl (C=O) groups excluding carboxylic acids is 3. The summed E-state index contributed by atoms with van der Waals surface area (Å²) in [4.78, 5) is 41.3. The van der Waals surface area contributed by atoms with Crippen molar-refractivity contribution in [3.8, 4) is 0 Å². The first kappa shape index (κ1) is 21.0. The normalized spacial score (nSPS) is 18.5. The Kier molecular flexibility index (Phi) is 6.64. The third kappa shape index (κ3) is 4.82. The van der Waals surface area contributed by atoms with E-state index in [1.54, 1.807) is 20.8 Å². The minimum atomic E-state index is -0.111. The van der Waals surface area contributed by atoms with E-state index in [0.717, 1.165) is 19.6 Å². The van der Waals surface area contributed by atoms with Crippen LogP contribution < -0.4 is 5.32 Å². The van der Waals surface area contributed by atoms with Gasteiger partial charge in [0.15, 0.2) is 11.6 Å². The van der Waals surface area contributed by atoms with Crippen LogP contribution in [0, 0.1) is 0 Å². The minimum Gasteiger partial charge on any atom is -0.338 e. The lowest BCUT2D eigenvalue weighted by molar-refractivity contribution is -0.116. The standard InChI is InChI=1S/C23H29N3O3/c1-16-17(2)22(28)20(18(3)21(16)27)9-10-24-23(29)26-13-11-25(12-14-26)15-19-7-5-4-6-8-19/h4-8H,9-15H2,1-3H3,(H,24,29). The number of nitrogens with one attached hydrogen (secondary N) is 1. The summed E-state index contributed by atoms with van der Waals surface area (Å²) in [5.74, 6) is -0.152. The van der Waals surface area contributed by atoms with Crippen LogP contribution in [0.25, 0.3) is 0 Å². The van der Waals surface area contributed by atoms with E-state index in [-0.39, 0.29) is 17.6 Å². The molecule has 6 nitrogen and oxygen atoms in total. The Hall–Kier alpha value is -2.73. The van der Waals surface area contributed by atoms with Gasteiger partial charge >= 0.3 is 6.03 Å². The lowest BCUT2D eigenvalue weighted by atomic mass is 9.84. The number of nitrogens with zero attached hydrogens (tertiary/aromatic N) is 2. The van der Waals surface area contributed by atoms with E-state index in [9.17, 15) is 14.4 Å². The monoisotopic (exact) mass is 395 g/mol. The second-order valence-electron chi connectivity index (χ2n) is 7.74. The quantitative estimate of drug-likeness (QED) is 0.779. The average Bonchev–Trinajstić information content (AvgIpc) is 2.74. The summed E-state index contributed by atoms with van der Waals surface area (Å²) < 4.78 is 0. The second kappa shape index (κ2) is 9.18. The summed E-state index contributed by atoms with van der Waals surface area (Å²) >= 11 is 0. The van der Waals surface area contributed by atoms with Crippen molar-refractivity contribution >= 4 is 17.6 Å². The number of ketones is 2. The van der Waals surface area contributed by atoms with Gasteiger partial charge in [0, 0.05) is 61.6 Å². The first-order chi connectivity index (χ1) is 13.9. The van der Waals surface area contributed by atoms with E-state index < -0.39 is 0 Å². The fraction of sp³-hybridized carbons (Fsp3) is 0.435. The van der Waals surface area contributed by atoms with Crippen LogP contribution >= 0.6 is 0 Å². The summed E-state index contributed by atoms with van der Waals surface area (Å²) in [5, 5.41) is 2.90. The maximum absolute atomic E-state index is 12.5. The number of allylic oxidation sites excluding steroid dienone is 3. The van der Waals surface area contributed by atoms with Crippen molar-refractivity contribution in [3.05, 3.63) is 58.2 Å². The van der Waals surface area contributed by atoms with E-state index in [2.05, 4.69) is 22.3 Å². The van der Waals surface area contributed by atoms with Crippen molar-refractivity contribution in [2.24, 2.45) is 0 Å². The van der Waals surface area contributed by atoms with Gasteiger partial charge in [0.1, 0.15) is 0 Å². The molecule has 0 spiro atoms. The van der Waals surface area contributed by atoms with Crippen LogP contribution in [0.5, 0.6) is 0 Å². The van der Waals surface area contributed by atoms with Gasteiger partial charge in [-0.3, -0.25) is 14.5 Å². The lowest BCUT2D eigenvalue weighted by Crippen LogP contribution is -2.51. The molecule has 1 aromatic carbocycles. The zero-order chi connectivity index (χ0) is 21.0. The molecule has 0 atom stereocenters. The predicted octanol–water partition coefficient (Wildman–Crippen LogP) is 2.71. The predicted molar refractivity (Wildman–Crippen MR) is 112 cm³/mol.